The molecule has 0 spiro atoms. The molecule has 0 saturated carbocycles. The molecule has 0 bridgehead atoms. The molecule has 0 aromatic heterocycles. The van der Waals surface area contributed by atoms with Crippen LogP contribution < -0.4 is 10.5 Å². The van der Waals surface area contributed by atoms with Crippen LogP contribution in [0.2, 0.25) is 10.0 Å². The van der Waals surface area contributed by atoms with Crippen LogP contribution in [-0.2, 0) is 0 Å². The molecule has 4 heteroatoms. The lowest BCUT2D eigenvalue weighted by Gasteiger charge is -2.12. The molecule has 3 aromatic carbocycles. The number of benzene rings is 3. The standard InChI is InChI=1S/C18H13Cl2NO/c19-13-6-4-12(5-7-13)17-9-8-15(21)11-18(17)22-16-3-1-2-14(20)10-16/h1-11H,21H2. The minimum absolute atomic E-state index is 0.620. The van der Waals surface area contributed by atoms with Crippen LogP contribution in [0.3, 0.4) is 0 Å². The highest BCUT2D eigenvalue weighted by Gasteiger charge is 2.09. The molecule has 0 radical (unpaired) electrons. The molecule has 3 aromatic rings. The van der Waals surface area contributed by atoms with Crippen LogP contribution in [-0.4, -0.2) is 0 Å². The van der Waals surface area contributed by atoms with Crippen LogP contribution in [0, 0.1) is 0 Å². The number of hydrogen-bond donors (Lipinski definition) is 1. The van der Waals surface area contributed by atoms with Crippen molar-refractivity contribution < 1.29 is 4.74 Å². The van der Waals surface area contributed by atoms with E-state index in [2.05, 4.69) is 0 Å². The zero-order valence-electron chi connectivity index (χ0n) is 11.6. The molecule has 0 amide bonds. The normalized spacial score (nSPS) is 10.5. The summed E-state index contributed by atoms with van der Waals surface area (Å²) in [7, 11) is 0. The van der Waals surface area contributed by atoms with E-state index in [0.29, 0.717) is 27.2 Å². The van der Waals surface area contributed by atoms with Crippen molar-refractivity contribution in [1.29, 1.82) is 0 Å². The molecule has 0 aliphatic rings. The molecule has 0 aliphatic heterocycles. The van der Waals surface area contributed by atoms with Gasteiger partial charge in [-0.1, -0.05) is 41.4 Å². The molecular weight excluding hydrogens is 317 g/mol. The van der Waals surface area contributed by atoms with E-state index in [1.807, 2.05) is 48.5 Å². The summed E-state index contributed by atoms with van der Waals surface area (Å²) in [6.07, 6.45) is 0. The first kappa shape index (κ1) is 14.8. The third-order valence-corrected chi connectivity index (χ3v) is 3.67. The third kappa shape index (κ3) is 3.35. The second kappa shape index (κ2) is 6.30. The number of rotatable bonds is 3. The molecule has 22 heavy (non-hydrogen) atoms. The van der Waals surface area contributed by atoms with E-state index in [9.17, 15) is 0 Å². The van der Waals surface area contributed by atoms with Gasteiger partial charge in [0, 0.05) is 27.4 Å². The second-order valence-electron chi connectivity index (χ2n) is 4.82. The van der Waals surface area contributed by atoms with E-state index in [1.165, 1.54) is 0 Å². The number of nitrogen functional groups attached to an aromatic ring is 1. The van der Waals surface area contributed by atoms with Gasteiger partial charge < -0.3 is 10.5 Å². The predicted octanol–water partition coefficient (Wildman–Crippen LogP) is 6.03. The Balaban J connectivity index is 2.02. The Morgan fingerprint density at radius 2 is 1.55 bits per heavy atom. The number of halogens is 2. The summed E-state index contributed by atoms with van der Waals surface area (Å²) in [5.74, 6) is 1.33. The number of hydrogen-bond acceptors (Lipinski definition) is 2. The van der Waals surface area contributed by atoms with Gasteiger partial charge in [0.25, 0.3) is 0 Å². The van der Waals surface area contributed by atoms with E-state index in [4.69, 9.17) is 33.7 Å². The lowest BCUT2D eigenvalue weighted by Crippen LogP contribution is -1.91. The minimum Gasteiger partial charge on any atom is -0.457 e. The average Bonchev–Trinajstić information content (AvgIpc) is 2.49. The smallest absolute Gasteiger partial charge is 0.137 e. The second-order valence-corrected chi connectivity index (χ2v) is 5.69. The SMILES string of the molecule is Nc1ccc(-c2ccc(Cl)cc2)c(Oc2cccc(Cl)c2)c1. The van der Waals surface area contributed by atoms with Crippen molar-refractivity contribution in [3.63, 3.8) is 0 Å². The molecular formula is C18H13Cl2NO. The van der Waals surface area contributed by atoms with Gasteiger partial charge in [0.1, 0.15) is 11.5 Å². The van der Waals surface area contributed by atoms with Crippen LogP contribution in [0.4, 0.5) is 5.69 Å². The van der Waals surface area contributed by atoms with E-state index in [-0.39, 0.29) is 0 Å². The van der Waals surface area contributed by atoms with Crippen LogP contribution in [0.25, 0.3) is 11.1 Å². The van der Waals surface area contributed by atoms with Gasteiger partial charge in [-0.05, 0) is 48.0 Å². The van der Waals surface area contributed by atoms with Crippen molar-refractivity contribution in [2.24, 2.45) is 0 Å². The zero-order chi connectivity index (χ0) is 15.5. The molecule has 0 atom stereocenters. The Bertz CT molecular complexity index is 800. The summed E-state index contributed by atoms with van der Waals surface area (Å²) in [5.41, 5.74) is 8.46. The van der Waals surface area contributed by atoms with E-state index in [0.717, 1.165) is 11.1 Å². The van der Waals surface area contributed by atoms with Crippen LogP contribution in [0.1, 0.15) is 0 Å². The van der Waals surface area contributed by atoms with Gasteiger partial charge in [0.15, 0.2) is 0 Å². The fraction of sp³-hybridized carbons (Fsp3) is 0. The molecule has 110 valence electrons. The zero-order valence-corrected chi connectivity index (χ0v) is 13.1. The first-order chi connectivity index (χ1) is 10.6. The van der Waals surface area contributed by atoms with Crippen LogP contribution in [0.15, 0.2) is 66.7 Å². The maximum absolute atomic E-state index is 6.00. The largest absolute Gasteiger partial charge is 0.457 e. The lowest BCUT2D eigenvalue weighted by molar-refractivity contribution is 0.485. The van der Waals surface area contributed by atoms with Crippen molar-refractivity contribution in [2.75, 3.05) is 5.73 Å². The lowest BCUT2D eigenvalue weighted by atomic mass is 10.0. The highest BCUT2D eigenvalue weighted by atomic mass is 35.5. The van der Waals surface area contributed by atoms with Gasteiger partial charge in [0.2, 0.25) is 0 Å². The summed E-state index contributed by atoms with van der Waals surface area (Å²) in [6, 6.07) is 20.4. The molecule has 0 saturated heterocycles. The summed E-state index contributed by atoms with van der Waals surface area (Å²) >= 11 is 11.9. The van der Waals surface area contributed by atoms with Crippen molar-refractivity contribution in [3.05, 3.63) is 76.8 Å². The highest BCUT2D eigenvalue weighted by Crippen LogP contribution is 2.35. The van der Waals surface area contributed by atoms with Crippen LogP contribution in [0.5, 0.6) is 11.5 Å². The van der Waals surface area contributed by atoms with Crippen molar-refractivity contribution in [2.45, 2.75) is 0 Å². The quantitative estimate of drug-likeness (QED) is 0.595. The first-order valence-electron chi connectivity index (χ1n) is 6.71. The van der Waals surface area contributed by atoms with Gasteiger partial charge in [-0.3, -0.25) is 0 Å². The Hall–Kier alpha value is -2.16. The Morgan fingerprint density at radius 1 is 0.773 bits per heavy atom. The van der Waals surface area contributed by atoms with Crippen molar-refractivity contribution >= 4 is 28.9 Å². The number of anilines is 1. The van der Waals surface area contributed by atoms with Crippen molar-refractivity contribution in [1.82, 2.24) is 0 Å². The van der Waals surface area contributed by atoms with Gasteiger partial charge in [0.05, 0.1) is 0 Å². The summed E-state index contributed by atoms with van der Waals surface area (Å²) in [6.45, 7) is 0. The Labute approximate surface area is 139 Å². The number of ether oxygens (including phenoxy) is 1. The molecule has 0 fully saturated rings. The molecule has 0 unspecified atom stereocenters. The Kier molecular flexibility index (Phi) is 4.23. The van der Waals surface area contributed by atoms with E-state index < -0.39 is 0 Å². The first-order valence-corrected chi connectivity index (χ1v) is 7.46. The van der Waals surface area contributed by atoms with Crippen molar-refractivity contribution in [3.8, 4) is 22.6 Å². The van der Waals surface area contributed by atoms with Gasteiger partial charge in [-0.2, -0.15) is 0 Å². The maximum atomic E-state index is 6.00. The summed E-state index contributed by atoms with van der Waals surface area (Å²) in [4.78, 5) is 0. The molecule has 3 rings (SSSR count). The van der Waals surface area contributed by atoms with Gasteiger partial charge in [-0.25, -0.2) is 0 Å². The predicted molar refractivity (Wildman–Crippen MR) is 92.8 cm³/mol. The topological polar surface area (TPSA) is 35.2 Å². The van der Waals surface area contributed by atoms with E-state index in [1.54, 1.807) is 18.2 Å². The molecule has 2 nitrogen and oxygen atoms in total. The fourth-order valence-electron chi connectivity index (χ4n) is 2.15. The Morgan fingerprint density at radius 3 is 2.27 bits per heavy atom. The number of nitrogens with two attached hydrogens (primary N) is 1. The molecule has 2 N–H and O–H groups in total. The van der Waals surface area contributed by atoms with Gasteiger partial charge >= 0.3 is 0 Å². The minimum atomic E-state index is 0.620. The van der Waals surface area contributed by atoms with E-state index >= 15 is 0 Å². The highest BCUT2D eigenvalue weighted by molar-refractivity contribution is 6.31. The average molecular weight is 330 g/mol. The summed E-state index contributed by atoms with van der Waals surface area (Å²) in [5, 5.41) is 1.31. The monoisotopic (exact) mass is 329 g/mol. The fourth-order valence-corrected chi connectivity index (χ4v) is 2.46. The third-order valence-electron chi connectivity index (χ3n) is 3.18. The summed E-state index contributed by atoms with van der Waals surface area (Å²) < 4.78 is 5.96. The van der Waals surface area contributed by atoms with Crippen LogP contribution >= 0.6 is 23.2 Å². The maximum Gasteiger partial charge on any atom is 0.137 e. The molecule has 0 aliphatic carbocycles. The molecule has 0 heterocycles. The van der Waals surface area contributed by atoms with Gasteiger partial charge in [-0.15, -0.1) is 0 Å².